The second-order valence-electron chi connectivity index (χ2n) is 4.03. The number of nitrogens with one attached hydrogen (secondary N) is 2. The molecule has 0 aromatic rings. The predicted molar refractivity (Wildman–Crippen MR) is 55.2 cm³/mol. The van der Waals surface area contributed by atoms with E-state index in [1.54, 1.807) is 13.0 Å². The Morgan fingerprint density at radius 1 is 1.79 bits per heavy atom. The Balaban J connectivity index is 2.81. The lowest BCUT2D eigenvalue weighted by molar-refractivity contribution is -0.146. The molecule has 80 valence electrons. The van der Waals surface area contributed by atoms with E-state index in [0.29, 0.717) is 19.0 Å². The van der Waals surface area contributed by atoms with Crippen molar-refractivity contribution < 1.29 is 9.90 Å². The maximum Gasteiger partial charge on any atom is 0.325 e. The van der Waals surface area contributed by atoms with Crippen molar-refractivity contribution in [3.8, 4) is 0 Å². The summed E-state index contributed by atoms with van der Waals surface area (Å²) in [6.07, 6.45) is 2.40. The van der Waals surface area contributed by atoms with Crippen LogP contribution in [0.25, 0.3) is 0 Å². The van der Waals surface area contributed by atoms with E-state index in [9.17, 15) is 4.79 Å². The largest absolute Gasteiger partial charge is 0.480 e. The van der Waals surface area contributed by atoms with Gasteiger partial charge in [0.25, 0.3) is 0 Å². The third-order valence-corrected chi connectivity index (χ3v) is 2.80. The average Bonchev–Trinajstić information content (AvgIpc) is 2.12. The summed E-state index contributed by atoms with van der Waals surface area (Å²) >= 11 is 0. The minimum absolute atomic E-state index is 0.0961. The lowest BCUT2D eigenvalue weighted by atomic mass is 9.86. The molecular formula is C10H18N2O2. The number of carboxylic acids is 1. The standard InChI is InChI=1S/C10H18N2O2/c1-4-5-8-10(3,9(13)14)11-6-7(2)12-8/h4,7-8,11-12H,1,5-6H2,2-3H3,(H,13,14). The molecule has 1 saturated heterocycles. The first-order chi connectivity index (χ1) is 6.50. The fourth-order valence-electron chi connectivity index (χ4n) is 1.75. The van der Waals surface area contributed by atoms with Crippen LogP contribution in [0.5, 0.6) is 0 Å². The summed E-state index contributed by atoms with van der Waals surface area (Å²) in [5.74, 6) is -0.816. The van der Waals surface area contributed by atoms with Crippen molar-refractivity contribution in [2.45, 2.75) is 37.9 Å². The monoisotopic (exact) mass is 198 g/mol. The molecule has 3 N–H and O–H groups in total. The zero-order chi connectivity index (χ0) is 10.8. The molecule has 1 heterocycles. The molecular weight excluding hydrogens is 180 g/mol. The average molecular weight is 198 g/mol. The molecule has 4 heteroatoms. The zero-order valence-electron chi connectivity index (χ0n) is 8.71. The number of piperazine rings is 1. The van der Waals surface area contributed by atoms with Gasteiger partial charge in [0.1, 0.15) is 5.54 Å². The number of carbonyl (C=O) groups is 1. The lowest BCUT2D eigenvalue weighted by Crippen LogP contribution is -2.70. The normalized spacial score (nSPS) is 37.9. The molecule has 0 bridgehead atoms. The summed E-state index contributed by atoms with van der Waals surface area (Å²) < 4.78 is 0. The molecule has 0 amide bonds. The molecule has 3 atom stereocenters. The van der Waals surface area contributed by atoms with E-state index < -0.39 is 11.5 Å². The molecule has 1 aliphatic rings. The SMILES string of the molecule is C=CCC1NC(C)CNC1(C)C(=O)O. The number of hydrogen-bond acceptors (Lipinski definition) is 3. The molecule has 0 aromatic heterocycles. The number of rotatable bonds is 3. The number of carboxylic acid groups (broad SMARTS) is 1. The van der Waals surface area contributed by atoms with Gasteiger partial charge >= 0.3 is 5.97 Å². The maximum absolute atomic E-state index is 11.1. The Hall–Kier alpha value is -0.870. The van der Waals surface area contributed by atoms with Crippen molar-refractivity contribution >= 4 is 5.97 Å². The lowest BCUT2D eigenvalue weighted by Gasteiger charge is -2.42. The molecule has 3 unspecified atom stereocenters. The van der Waals surface area contributed by atoms with Gasteiger partial charge in [-0.05, 0) is 20.3 Å². The minimum atomic E-state index is -0.888. The predicted octanol–water partition coefficient (Wildman–Crippen LogP) is 0.356. The molecule has 1 aliphatic heterocycles. The van der Waals surface area contributed by atoms with Crippen LogP contribution in [-0.4, -0.2) is 35.2 Å². The maximum atomic E-state index is 11.1. The Kier molecular flexibility index (Phi) is 3.29. The first-order valence-electron chi connectivity index (χ1n) is 4.86. The van der Waals surface area contributed by atoms with Gasteiger partial charge < -0.3 is 10.4 Å². The molecule has 14 heavy (non-hydrogen) atoms. The molecule has 4 nitrogen and oxygen atoms in total. The third kappa shape index (κ3) is 1.96. The highest BCUT2D eigenvalue weighted by Crippen LogP contribution is 2.18. The zero-order valence-corrected chi connectivity index (χ0v) is 8.71. The quantitative estimate of drug-likeness (QED) is 0.573. The van der Waals surface area contributed by atoms with Gasteiger partial charge in [0.05, 0.1) is 0 Å². The summed E-state index contributed by atoms with van der Waals surface area (Å²) in [5, 5.41) is 15.5. The number of hydrogen-bond donors (Lipinski definition) is 3. The van der Waals surface area contributed by atoms with E-state index in [2.05, 4.69) is 17.2 Å². The van der Waals surface area contributed by atoms with Crippen LogP contribution in [0.1, 0.15) is 20.3 Å². The molecule has 0 aromatic carbocycles. The van der Waals surface area contributed by atoms with E-state index in [1.807, 2.05) is 6.92 Å². The first-order valence-corrected chi connectivity index (χ1v) is 4.86. The van der Waals surface area contributed by atoms with Crippen molar-refractivity contribution in [2.75, 3.05) is 6.54 Å². The van der Waals surface area contributed by atoms with Crippen molar-refractivity contribution in [3.63, 3.8) is 0 Å². The van der Waals surface area contributed by atoms with Crippen LogP contribution in [0.2, 0.25) is 0 Å². The Morgan fingerprint density at radius 2 is 2.43 bits per heavy atom. The van der Waals surface area contributed by atoms with Gasteiger partial charge in [-0.15, -0.1) is 6.58 Å². The van der Waals surface area contributed by atoms with Crippen LogP contribution >= 0.6 is 0 Å². The van der Waals surface area contributed by atoms with Crippen LogP contribution in [0.4, 0.5) is 0 Å². The van der Waals surface area contributed by atoms with Crippen LogP contribution in [-0.2, 0) is 4.79 Å². The van der Waals surface area contributed by atoms with E-state index >= 15 is 0 Å². The van der Waals surface area contributed by atoms with E-state index in [-0.39, 0.29) is 6.04 Å². The van der Waals surface area contributed by atoms with Gasteiger partial charge in [0, 0.05) is 18.6 Å². The first kappa shape index (κ1) is 11.2. The fraction of sp³-hybridized carbons (Fsp3) is 0.700. The van der Waals surface area contributed by atoms with Crippen LogP contribution in [0.3, 0.4) is 0 Å². The minimum Gasteiger partial charge on any atom is -0.480 e. The molecule has 0 radical (unpaired) electrons. The summed E-state index contributed by atoms with van der Waals surface area (Å²) in [7, 11) is 0. The van der Waals surface area contributed by atoms with E-state index in [0.717, 1.165) is 0 Å². The number of aliphatic carboxylic acids is 1. The molecule has 0 saturated carbocycles. The Morgan fingerprint density at radius 3 is 2.93 bits per heavy atom. The molecule has 1 rings (SSSR count). The smallest absolute Gasteiger partial charge is 0.325 e. The van der Waals surface area contributed by atoms with Gasteiger partial charge in [-0.1, -0.05) is 6.08 Å². The highest BCUT2D eigenvalue weighted by Gasteiger charge is 2.43. The van der Waals surface area contributed by atoms with Gasteiger partial charge in [-0.25, -0.2) is 0 Å². The highest BCUT2D eigenvalue weighted by atomic mass is 16.4. The van der Waals surface area contributed by atoms with Crippen molar-refractivity contribution in [1.29, 1.82) is 0 Å². The third-order valence-electron chi connectivity index (χ3n) is 2.80. The molecule has 1 fully saturated rings. The van der Waals surface area contributed by atoms with Gasteiger partial charge in [0.15, 0.2) is 0 Å². The summed E-state index contributed by atoms with van der Waals surface area (Å²) in [6, 6.07) is 0.202. The van der Waals surface area contributed by atoms with Crippen LogP contribution in [0, 0.1) is 0 Å². The van der Waals surface area contributed by atoms with Crippen LogP contribution < -0.4 is 10.6 Å². The van der Waals surface area contributed by atoms with Crippen LogP contribution in [0.15, 0.2) is 12.7 Å². The second-order valence-corrected chi connectivity index (χ2v) is 4.03. The fourth-order valence-corrected chi connectivity index (χ4v) is 1.75. The van der Waals surface area contributed by atoms with E-state index in [1.165, 1.54) is 0 Å². The van der Waals surface area contributed by atoms with Gasteiger partial charge in [-0.2, -0.15) is 0 Å². The molecule has 0 spiro atoms. The topological polar surface area (TPSA) is 61.4 Å². The van der Waals surface area contributed by atoms with Crippen molar-refractivity contribution in [2.24, 2.45) is 0 Å². The highest BCUT2D eigenvalue weighted by molar-refractivity contribution is 5.79. The van der Waals surface area contributed by atoms with Gasteiger partial charge in [0.2, 0.25) is 0 Å². The summed E-state index contributed by atoms with van der Waals surface area (Å²) in [5.41, 5.74) is -0.888. The van der Waals surface area contributed by atoms with Crippen molar-refractivity contribution in [3.05, 3.63) is 12.7 Å². The summed E-state index contributed by atoms with van der Waals surface area (Å²) in [6.45, 7) is 8.06. The molecule has 0 aliphatic carbocycles. The van der Waals surface area contributed by atoms with E-state index in [4.69, 9.17) is 5.11 Å². The Labute approximate surface area is 84.4 Å². The van der Waals surface area contributed by atoms with Crippen molar-refractivity contribution in [1.82, 2.24) is 10.6 Å². The summed E-state index contributed by atoms with van der Waals surface area (Å²) in [4.78, 5) is 11.1. The second kappa shape index (κ2) is 4.11. The Bertz CT molecular complexity index is 242. The van der Waals surface area contributed by atoms with Gasteiger partial charge in [-0.3, -0.25) is 10.1 Å².